The standard InChI is InChI=1S/C18H36N4.HI/c1-6-19-17(20-11-13-22(15(2)3)16(4)5)21-12-10-18(14-21)8-7-9-18;/h15-16H,6-14H2,1-5H3,(H,19,20);1H. The molecule has 2 rings (SSSR count). The monoisotopic (exact) mass is 436 g/mol. The Kier molecular flexibility index (Phi) is 8.63. The fraction of sp³-hybridized carbons (Fsp3) is 0.944. The van der Waals surface area contributed by atoms with Crippen LogP contribution in [0.5, 0.6) is 0 Å². The smallest absolute Gasteiger partial charge is 0.193 e. The van der Waals surface area contributed by atoms with Crippen LogP contribution in [0.2, 0.25) is 0 Å². The van der Waals surface area contributed by atoms with E-state index in [1.54, 1.807) is 0 Å². The van der Waals surface area contributed by atoms with E-state index < -0.39 is 0 Å². The van der Waals surface area contributed by atoms with Crippen molar-refractivity contribution in [3.05, 3.63) is 0 Å². The van der Waals surface area contributed by atoms with Crippen molar-refractivity contribution in [2.45, 2.75) is 72.4 Å². The van der Waals surface area contributed by atoms with Crippen molar-refractivity contribution in [3.8, 4) is 0 Å². The summed E-state index contributed by atoms with van der Waals surface area (Å²) in [5.41, 5.74) is 0.637. The largest absolute Gasteiger partial charge is 0.357 e. The molecule has 1 saturated carbocycles. The van der Waals surface area contributed by atoms with Gasteiger partial charge < -0.3 is 10.2 Å². The molecule has 0 unspecified atom stereocenters. The van der Waals surface area contributed by atoms with Gasteiger partial charge in [-0.1, -0.05) is 6.42 Å². The first-order chi connectivity index (χ1) is 10.5. The summed E-state index contributed by atoms with van der Waals surface area (Å²) in [4.78, 5) is 9.93. The molecular formula is C18H37IN4. The second-order valence-corrected chi connectivity index (χ2v) is 7.69. The van der Waals surface area contributed by atoms with Crippen LogP contribution in [-0.4, -0.2) is 60.6 Å². The van der Waals surface area contributed by atoms with Crippen molar-refractivity contribution < 1.29 is 0 Å². The van der Waals surface area contributed by atoms with E-state index in [1.807, 2.05) is 0 Å². The zero-order chi connectivity index (χ0) is 16.2. The van der Waals surface area contributed by atoms with Crippen LogP contribution in [0.3, 0.4) is 0 Å². The van der Waals surface area contributed by atoms with Gasteiger partial charge in [-0.3, -0.25) is 9.89 Å². The van der Waals surface area contributed by atoms with Gasteiger partial charge in [0.1, 0.15) is 0 Å². The summed E-state index contributed by atoms with van der Waals surface area (Å²) in [6.07, 6.45) is 5.65. The number of nitrogens with one attached hydrogen (secondary N) is 1. The number of hydrogen-bond acceptors (Lipinski definition) is 2. The quantitative estimate of drug-likeness (QED) is 0.393. The number of likely N-dealkylation sites (tertiary alicyclic amines) is 1. The summed E-state index contributed by atoms with van der Waals surface area (Å²) < 4.78 is 0. The Labute approximate surface area is 160 Å². The summed E-state index contributed by atoms with van der Waals surface area (Å²) in [6.45, 7) is 16.6. The summed E-state index contributed by atoms with van der Waals surface area (Å²) in [6, 6.07) is 1.17. The third-order valence-corrected chi connectivity index (χ3v) is 5.43. The molecule has 23 heavy (non-hydrogen) atoms. The summed E-state index contributed by atoms with van der Waals surface area (Å²) >= 11 is 0. The van der Waals surface area contributed by atoms with Crippen LogP contribution in [0.15, 0.2) is 4.99 Å². The van der Waals surface area contributed by atoms with E-state index in [-0.39, 0.29) is 24.0 Å². The molecule has 2 fully saturated rings. The second kappa shape index (κ2) is 9.44. The van der Waals surface area contributed by atoms with Gasteiger partial charge in [-0.05, 0) is 59.3 Å². The molecular weight excluding hydrogens is 399 g/mol. The summed E-state index contributed by atoms with van der Waals surface area (Å²) in [5, 5.41) is 3.50. The molecule has 0 amide bonds. The summed E-state index contributed by atoms with van der Waals surface area (Å²) in [7, 11) is 0. The lowest BCUT2D eigenvalue weighted by Gasteiger charge is -2.38. The maximum absolute atomic E-state index is 4.91. The molecule has 0 radical (unpaired) electrons. The Bertz CT molecular complexity index is 369. The van der Waals surface area contributed by atoms with Crippen molar-refractivity contribution >= 4 is 29.9 Å². The van der Waals surface area contributed by atoms with Crippen molar-refractivity contribution in [3.63, 3.8) is 0 Å². The molecule has 1 saturated heterocycles. The lowest BCUT2D eigenvalue weighted by Crippen LogP contribution is -2.43. The van der Waals surface area contributed by atoms with Crippen molar-refractivity contribution in [1.29, 1.82) is 0 Å². The van der Waals surface area contributed by atoms with Gasteiger partial charge >= 0.3 is 0 Å². The van der Waals surface area contributed by atoms with Gasteiger partial charge in [0, 0.05) is 38.3 Å². The Morgan fingerprint density at radius 2 is 1.83 bits per heavy atom. The Morgan fingerprint density at radius 1 is 1.17 bits per heavy atom. The van der Waals surface area contributed by atoms with E-state index in [9.17, 15) is 0 Å². The van der Waals surface area contributed by atoms with E-state index in [2.05, 4.69) is 49.7 Å². The highest BCUT2D eigenvalue weighted by Crippen LogP contribution is 2.47. The first-order valence-electron chi connectivity index (χ1n) is 9.26. The molecule has 1 spiro atoms. The van der Waals surface area contributed by atoms with Gasteiger partial charge in [-0.15, -0.1) is 24.0 Å². The minimum Gasteiger partial charge on any atom is -0.357 e. The van der Waals surface area contributed by atoms with Gasteiger partial charge in [0.15, 0.2) is 5.96 Å². The van der Waals surface area contributed by atoms with Crippen LogP contribution < -0.4 is 5.32 Å². The minimum absolute atomic E-state index is 0. The number of aliphatic imine (C=N–C) groups is 1. The van der Waals surface area contributed by atoms with Gasteiger partial charge in [-0.2, -0.15) is 0 Å². The Balaban J connectivity index is 0.00000264. The first kappa shape index (κ1) is 21.0. The zero-order valence-corrected chi connectivity index (χ0v) is 18.1. The molecule has 1 N–H and O–H groups in total. The van der Waals surface area contributed by atoms with Gasteiger partial charge in [0.25, 0.3) is 0 Å². The lowest BCUT2D eigenvalue weighted by atomic mass is 9.68. The third-order valence-electron chi connectivity index (χ3n) is 5.43. The second-order valence-electron chi connectivity index (χ2n) is 7.69. The third kappa shape index (κ3) is 5.48. The van der Waals surface area contributed by atoms with Crippen LogP contribution in [-0.2, 0) is 0 Å². The van der Waals surface area contributed by atoms with E-state index in [1.165, 1.54) is 38.8 Å². The molecule has 0 atom stereocenters. The highest BCUT2D eigenvalue weighted by atomic mass is 127. The van der Waals surface area contributed by atoms with E-state index in [0.717, 1.165) is 25.6 Å². The van der Waals surface area contributed by atoms with Crippen LogP contribution in [0.25, 0.3) is 0 Å². The molecule has 4 nitrogen and oxygen atoms in total. The van der Waals surface area contributed by atoms with Crippen LogP contribution >= 0.6 is 24.0 Å². The Morgan fingerprint density at radius 3 is 2.26 bits per heavy atom. The number of nitrogens with zero attached hydrogens (tertiary/aromatic N) is 3. The molecule has 2 aliphatic rings. The average molecular weight is 436 g/mol. The molecule has 0 aromatic heterocycles. The molecule has 136 valence electrons. The van der Waals surface area contributed by atoms with Crippen molar-refractivity contribution in [2.24, 2.45) is 10.4 Å². The number of halogens is 1. The van der Waals surface area contributed by atoms with Gasteiger partial charge in [0.2, 0.25) is 0 Å². The maximum atomic E-state index is 4.91. The first-order valence-corrected chi connectivity index (χ1v) is 9.26. The fourth-order valence-electron chi connectivity index (χ4n) is 4.01. The molecule has 1 aliphatic heterocycles. The number of rotatable bonds is 6. The fourth-order valence-corrected chi connectivity index (χ4v) is 4.01. The highest BCUT2D eigenvalue weighted by Gasteiger charge is 2.43. The molecule has 5 heteroatoms. The predicted octanol–water partition coefficient (Wildman–Crippen LogP) is 3.56. The number of guanidine groups is 1. The van der Waals surface area contributed by atoms with E-state index in [0.29, 0.717) is 17.5 Å². The topological polar surface area (TPSA) is 30.9 Å². The Hall–Kier alpha value is -0.0400. The highest BCUT2D eigenvalue weighted by molar-refractivity contribution is 14.0. The average Bonchev–Trinajstić information content (AvgIpc) is 2.86. The predicted molar refractivity (Wildman–Crippen MR) is 111 cm³/mol. The summed E-state index contributed by atoms with van der Waals surface area (Å²) in [5.74, 6) is 1.14. The zero-order valence-electron chi connectivity index (χ0n) is 15.8. The van der Waals surface area contributed by atoms with Crippen LogP contribution in [0, 0.1) is 5.41 Å². The molecule has 0 aromatic carbocycles. The van der Waals surface area contributed by atoms with Crippen LogP contribution in [0.1, 0.15) is 60.3 Å². The van der Waals surface area contributed by atoms with Crippen molar-refractivity contribution in [2.75, 3.05) is 32.7 Å². The van der Waals surface area contributed by atoms with Crippen molar-refractivity contribution in [1.82, 2.24) is 15.1 Å². The molecule has 0 aromatic rings. The van der Waals surface area contributed by atoms with E-state index in [4.69, 9.17) is 4.99 Å². The molecule has 1 heterocycles. The normalized spacial score (nSPS) is 20.3. The van der Waals surface area contributed by atoms with E-state index >= 15 is 0 Å². The molecule has 1 aliphatic carbocycles. The van der Waals surface area contributed by atoms with Crippen LogP contribution in [0.4, 0.5) is 0 Å². The van der Waals surface area contributed by atoms with Gasteiger partial charge in [-0.25, -0.2) is 0 Å². The number of hydrogen-bond donors (Lipinski definition) is 1. The molecule has 0 bridgehead atoms. The SMILES string of the molecule is CCNC(=NCCN(C(C)C)C(C)C)N1CCC2(CCC2)C1.I. The van der Waals surface area contributed by atoms with Gasteiger partial charge in [0.05, 0.1) is 6.54 Å². The maximum Gasteiger partial charge on any atom is 0.193 e. The lowest BCUT2D eigenvalue weighted by molar-refractivity contribution is 0.151. The minimum atomic E-state index is 0.